The molecule has 0 fully saturated rings. The lowest BCUT2D eigenvalue weighted by Gasteiger charge is -2.34. The van der Waals surface area contributed by atoms with Gasteiger partial charge in [0.05, 0.1) is 4.90 Å². The summed E-state index contributed by atoms with van der Waals surface area (Å²) in [7, 11) is -1.90. The van der Waals surface area contributed by atoms with Crippen molar-refractivity contribution in [1.82, 2.24) is 4.31 Å². The summed E-state index contributed by atoms with van der Waals surface area (Å²) >= 11 is 0. The van der Waals surface area contributed by atoms with Crippen LogP contribution in [0.4, 0.5) is 5.69 Å². The largest absolute Gasteiger partial charge is 0.399 e. The summed E-state index contributed by atoms with van der Waals surface area (Å²) in [5, 5.41) is 0. The van der Waals surface area contributed by atoms with Crippen LogP contribution in [0.25, 0.3) is 0 Å². The van der Waals surface area contributed by atoms with Crippen molar-refractivity contribution in [1.29, 1.82) is 0 Å². The number of nitrogen functional groups attached to an aromatic ring is 1. The van der Waals surface area contributed by atoms with E-state index < -0.39 is 15.6 Å². The van der Waals surface area contributed by atoms with Crippen LogP contribution >= 0.6 is 0 Å². The first kappa shape index (κ1) is 15.0. The number of nitrogens with two attached hydrogens (primary N) is 1. The Bertz CT molecular complexity index is 536. The molecule has 0 heterocycles. The maximum atomic E-state index is 12.6. The van der Waals surface area contributed by atoms with Crippen LogP contribution in [-0.2, 0) is 10.0 Å². The predicted octanol–water partition coefficient (Wildman–Crippen LogP) is 2.39. The lowest BCUT2D eigenvalue weighted by Crippen LogP contribution is -2.44. The summed E-state index contributed by atoms with van der Waals surface area (Å²) in [6.07, 6.45) is 0.740. The average molecular weight is 270 g/mol. The zero-order chi connectivity index (χ0) is 14.1. The summed E-state index contributed by atoms with van der Waals surface area (Å²) in [5.41, 5.74) is 6.43. The zero-order valence-corrected chi connectivity index (χ0v) is 12.5. The van der Waals surface area contributed by atoms with Gasteiger partial charge in [-0.2, -0.15) is 4.31 Å². The van der Waals surface area contributed by atoms with Crippen LogP contribution in [-0.4, -0.2) is 25.3 Å². The Morgan fingerprint density at radius 3 is 2.39 bits per heavy atom. The third-order valence-electron chi connectivity index (χ3n) is 3.57. The van der Waals surface area contributed by atoms with Crippen LogP contribution in [0.5, 0.6) is 0 Å². The molecule has 0 spiro atoms. The molecule has 1 aromatic rings. The SMILES string of the molecule is CCC(C)(C)N(C)S(=O)(=O)c1cc(N)ccc1C. The number of anilines is 1. The van der Waals surface area contributed by atoms with Gasteiger partial charge in [0.2, 0.25) is 10.0 Å². The van der Waals surface area contributed by atoms with Gasteiger partial charge in [0.1, 0.15) is 0 Å². The molecule has 5 heteroatoms. The quantitative estimate of drug-likeness (QED) is 0.854. The van der Waals surface area contributed by atoms with E-state index in [1.165, 1.54) is 10.4 Å². The van der Waals surface area contributed by atoms with E-state index >= 15 is 0 Å². The molecule has 0 amide bonds. The highest BCUT2D eigenvalue weighted by atomic mass is 32.2. The Hall–Kier alpha value is -1.07. The number of aryl methyl sites for hydroxylation is 1. The van der Waals surface area contributed by atoms with E-state index in [0.29, 0.717) is 11.3 Å². The molecule has 102 valence electrons. The van der Waals surface area contributed by atoms with E-state index in [9.17, 15) is 8.42 Å². The predicted molar refractivity (Wildman–Crippen MR) is 74.9 cm³/mol. The van der Waals surface area contributed by atoms with Crippen LogP contribution < -0.4 is 5.73 Å². The van der Waals surface area contributed by atoms with Crippen molar-refractivity contribution in [3.63, 3.8) is 0 Å². The molecule has 18 heavy (non-hydrogen) atoms. The van der Waals surface area contributed by atoms with Gasteiger partial charge in [0.25, 0.3) is 0 Å². The van der Waals surface area contributed by atoms with Crippen LogP contribution in [0.3, 0.4) is 0 Å². The lowest BCUT2D eigenvalue weighted by atomic mass is 10.0. The van der Waals surface area contributed by atoms with Crippen molar-refractivity contribution in [3.8, 4) is 0 Å². The fraction of sp³-hybridized carbons (Fsp3) is 0.538. The van der Waals surface area contributed by atoms with Gasteiger partial charge in [-0.05, 0) is 44.9 Å². The highest BCUT2D eigenvalue weighted by Gasteiger charge is 2.33. The van der Waals surface area contributed by atoms with Crippen molar-refractivity contribution in [2.24, 2.45) is 0 Å². The van der Waals surface area contributed by atoms with Gasteiger partial charge in [-0.3, -0.25) is 0 Å². The number of hydrogen-bond donors (Lipinski definition) is 1. The van der Waals surface area contributed by atoms with E-state index in [1.807, 2.05) is 20.8 Å². The monoisotopic (exact) mass is 270 g/mol. The third kappa shape index (κ3) is 2.67. The molecule has 2 N–H and O–H groups in total. The van der Waals surface area contributed by atoms with Gasteiger partial charge in [-0.25, -0.2) is 8.42 Å². The summed E-state index contributed by atoms with van der Waals surface area (Å²) in [6.45, 7) is 7.57. The first-order valence-electron chi connectivity index (χ1n) is 5.98. The molecule has 0 unspecified atom stereocenters. The van der Waals surface area contributed by atoms with Gasteiger partial charge < -0.3 is 5.73 Å². The number of benzene rings is 1. The van der Waals surface area contributed by atoms with Gasteiger partial charge >= 0.3 is 0 Å². The lowest BCUT2D eigenvalue weighted by molar-refractivity contribution is 0.257. The Balaban J connectivity index is 3.34. The smallest absolute Gasteiger partial charge is 0.243 e. The molecule has 0 saturated heterocycles. The van der Waals surface area contributed by atoms with Gasteiger partial charge in [0, 0.05) is 18.3 Å². The molecule has 0 aromatic heterocycles. The van der Waals surface area contributed by atoms with Crippen LogP contribution in [0.15, 0.2) is 23.1 Å². The van der Waals surface area contributed by atoms with Gasteiger partial charge in [0.15, 0.2) is 0 Å². The second-order valence-corrected chi connectivity index (χ2v) is 7.10. The minimum Gasteiger partial charge on any atom is -0.399 e. The Morgan fingerprint density at radius 2 is 1.89 bits per heavy atom. The summed E-state index contributed by atoms with van der Waals surface area (Å²) in [5.74, 6) is 0. The molecular formula is C13H22N2O2S. The average Bonchev–Trinajstić information content (AvgIpc) is 2.31. The fourth-order valence-corrected chi connectivity index (χ4v) is 3.42. The molecule has 0 radical (unpaired) electrons. The van der Waals surface area contributed by atoms with Crippen LogP contribution in [0, 0.1) is 6.92 Å². The molecule has 4 nitrogen and oxygen atoms in total. The second kappa shape index (κ2) is 4.90. The minimum absolute atomic E-state index is 0.284. The van der Waals surface area contributed by atoms with Gasteiger partial charge in [-0.1, -0.05) is 13.0 Å². The molecule has 0 atom stereocenters. The summed E-state index contributed by atoms with van der Waals surface area (Å²) in [4.78, 5) is 0.284. The Morgan fingerprint density at radius 1 is 1.33 bits per heavy atom. The summed E-state index contributed by atoms with van der Waals surface area (Å²) in [6, 6.07) is 4.96. The van der Waals surface area contributed by atoms with Gasteiger partial charge in [-0.15, -0.1) is 0 Å². The zero-order valence-electron chi connectivity index (χ0n) is 11.7. The molecule has 1 aromatic carbocycles. The summed E-state index contributed by atoms with van der Waals surface area (Å²) < 4.78 is 26.6. The number of sulfonamides is 1. The standard InChI is InChI=1S/C13H22N2O2S/c1-6-13(3,4)15(5)18(16,17)12-9-11(14)8-7-10(12)2/h7-9H,6,14H2,1-5H3. The van der Waals surface area contributed by atoms with Crippen molar-refractivity contribution >= 4 is 15.7 Å². The first-order chi connectivity index (χ1) is 8.13. The van der Waals surface area contributed by atoms with Crippen molar-refractivity contribution in [2.75, 3.05) is 12.8 Å². The van der Waals surface area contributed by atoms with E-state index in [1.54, 1.807) is 26.1 Å². The number of nitrogens with zero attached hydrogens (tertiary/aromatic N) is 1. The Labute approximate surface area is 110 Å². The molecule has 0 aliphatic heterocycles. The molecule has 0 bridgehead atoms. The van der Waals surface area contributed by atoms with Crippen LogP contribution in [0.1, 0.15) is 32.8 Å². The number of rotatable bonds is 4. The maximum absolute atomic E-state index is 12.6. The highest BCUT2D eigenvalue weighted by Crippen LogP contribution is 2.28. The van der Waals surface area contributed by atoms with E-state index in [0.717, 1.165) is 6.42 Å². The first-order valence-corrected chi connectivity index (χ1v) is 7.42. The van der Waals surface area contributed by atoms with Crippen molar-refractivity contribution in [2.45, 2.75) is 44.6 Å². The minimum atomic E-state index is -3.51. The maximum Gasteiger partial charge on any atom is 0.243 e. The normalized spacial score (nSPS) is 13.0. The van der Waals surface area contributed by atoms with Crippen molar-refractivity contribution in [3.05, 3.63) is 23.8 Å². The molecule has 0 aliphatic rings. The fourth-order valence-electron chi connectivity index (χ4n) is 1.59. The molecule has 1 rings (SSSR count). The second-order valence-electron chi connectivity index (χ2n) is 5.16. The highest BCUT2D eigenvalue weighted by molar-refractivity contribution is 7.89. The van der Waals surface area contributed by atoms with Crippen molar-refractivity contribution < 1.29 is 8.42 Å². The molecule has 0 aliphatic carbocycles. The molecule has 0 saturated carbocycles. The molecular weight excluding hydrogens is 248 g/mol. The van der Waals surface area contributed by atoms with E-state index in [4.69, 9.17) is 5.73 Å². The van der Waals surface area contributed by atoms with E-state index in [2.05, 4.69) is 0 Å². The van der Waals surface area contributed by atoms with Crippen LogP contribution in [0.2, 0.25) is 0 Å². The topological polar surface area (TPSA) is 63.4 Å². The van der Waals surface area contributed by atoms with E-state index in [-0.39, 0.29) is 4.90 Å². The number of hydrogen-bond acceptors (Lipinski definition) is 3. The third-order valence-corrected chi connectivity index (χ3v) is 5.78. The Kier molecular flexibility index (Phi) is 4.08.